The third-order valence-corrected chi connectivity index (χ3v) is 5.79. The number of aromatic nitrogens is 4. The molecule has 0 atom stereocenters. The van der Waals surface area contributed by atoms with E-state index in [1.54, 1.807) is 0 Å². The molecular weight excluding hydrogens is 362 g/mol. The molecule has 0 fully saturated rings. The molecule has 0 bridgehead atoms. The van der Waals surface area contributed by atoms with Crippen LogP contribution >= 0.6 is 0 Å². The van der Waals surface area contributed by atoms with Gasteiger partial charge in [0.1, 0.15) is 0 Å². The van der Waals surface area contributed by atoms with Gasteiger partial charge in [0.2, 0.25) is 10.0 Å². The van der Waals surface area contributed by atoms with E-state index in [1.807, 2.05) is 0 Å². The Morgan fingerprint density at radius 3 is 2.65 bits per heavy atom. The van der Waals surface area contributed by atoms with Crippen molar-refractivity contribution in [1.82, 2.24) is 23.6 Å². The maximum absolute atomic E-state index is 12.4. The summed E-state index contributed by atoms with van der Waals surface area (Å²) in [6, 6.07) is 1.53. The molecule has 0 spiro atoms. The van der Waals surface area contributed by atoms with Crippen molar-refractivity contribution in [1.29, 1.82) is 0 Å². The molecule has 0 unspecified atom stereocenters. The summed E-state index contributed by atoms with van der Waals surface area (Å²) in [5.74, 6) is 0. The minimum Gasteiger partial charge on any atom is -0.302 e. The Morgan fingerprint density at radius 2 is 1.92 bits per heavy atom. The second-order valence-electron chi connectivity index (χ2n) is 6.18. The van der Waals surface area contributed by atoms with Crippen molar-refractivity contribution >= 4 is 10.0 Å². The standard InChI is InChI=1S/C15H19N5O5S/c1-18-9-12(14(22)19(2)15(18)23)26(24,25)16-6-7-20-13(21)8-10-4-3-5-11(10)17-20/h8-9,16H,3-7H2,1-2H3. The summed E-state index contributed by atoms with van der Waals surface area (Å²) in [7, 11) is -1.57. The number of hydrogen-bond donors (Lipinski definition) is 1. The van der Waals surface area contributed by atoms with Crippen molar-refractivity contribution in [3.05, 3.63) is 54.7 Å². The maximum Gasteiger partial charge on any atom is 0.330 e. The summed E-state index contributed by atoms with van der Waals surface area (Å²) in [5.41, 5.74) is -0.0148. The second-order valence-corrected chi connectivity index (χ2v) is 7.92. The predicted molar refractivity (Wildman–Crippen MR) is 92.6 cm³/mol. The molecule has 26 heavy (non-hydrogen) atoms. The molecule has 0 radical (unpaired) electrons. The molecule has 3 rings (SSSR count). The van der Waals surface area contributed by atoms with Crippen molar-refractivity contribution in [3.63, 3.8) is 0 Å². The zero-order valence-corrected chi connectivity index (χ0v) is 15.2. The third kappa shape index (κ3) is 3.27. The van der Waals surface area contributed by atoms with Crippen molar-refractivity contribution in [3.8, 4) is 0 Å². The van der Waals surface area contributed by atoms with Crippen LogP contribution in [0.15, 0.2) is 31.5 Å². The van der Waals surface area contributed by atoms with Crippen LogP contribution in [0.1, 0.15) is 17.7 Å². The first-order chi connectivity index (χ1) is 12.2. The lowest BCUT2D eigenvalue weighted by Crippen LogP contribution is -2.42. The van der Waals surface area contributed by atoms with E-state index in [4.69, 9.17) is 0 Å². The summed E-state index contributed by atoms with van der Waals surface area (Å²) in [6.45, 7) is -0.0720. The van der Waals surface area contributed by atoms with E-state index in [-0.39, 0.29) is 18.6 Å². The van der Waals surface area contributed by atoms with Crippen LogP contribution in [-0.4, -0.2) is 33.9 Å². The lowest BCUT2D eigenvalue weighted by molar-refractivity contribution is 0.538. The van der Waals surface area contributed by atoms with Crippen LogP contribution in [0.5, 0.6) is 0 Å². The van der Waals surface area contributed by atoms with Crippen LogP contribution in [-0.2, 0) is 43.5 Å². The number of fused-ring (bicyclic) bond motifs is 1. The number of aryl methyl sites for hydroxylation is 3. The highest BCUT2D eigenvalue weighted by Crippen LogP contribution is 2.16. The van der Waals surface area contributed by atoms with Gasteiger partial charge in [-0.2, -0.15) is 5.10 Å². The molecule has 2 heterocycles. The fourth-order valence-electron chi connectivity index (χ4n) is 2.92. The fourth-order valence-corrected chi connectivity index (χ4v) is 4.10. The van der Waals surface area contributed by atoms with Crippen LogP contribution in [0.3, 0.4) is 0 Å². The SMILES string of the molecule is Cn1cc(S(=O)(=O)NCCn2nc3c(cc2=O)CCC3)c(=O)n(C)c1=O. The normalized spacial score (nSPS) is 13.8. The molecule has 140 valence electrons. The molecule has 10 nitrogen and oxygen atoms in total. The van der Waals surface area contributed by atoms with Gasteiger partial charge in [0.15, 0.2) is 4.90 Å². The van der Waals surface area contributed by atoms with Gasteiger partial charge in [0.25, 0.3) is 11.1 Å². The molecule has 2 aromatic heterocycles. The fraction of sp³-hybridized carbons (Fsp3) is 0.467. The Morgan fingerprint density at radius 1 is 1.19 bits per heavy atom. The lowest BCUT2D eigenvalue weighted by atomic mass is 10.2. The molecular formula is C15H19N5O5S. The zero-order valence-electron chi connectivity index (χ0n) is 14.4. The van der Waals surface area contributed by atoms with Crippen molar-refractivity contribution in [2.75, 3.05) is 6.54 Å². The van der Waals surface area contributed by atoms with E-state index in [0.717, 1.165) is 45.9 Å². The molecule has 0 saturated heterocycles. The van der Waals surface area contributed by atoms with Gasteiger partial charge in [-0.05, 0) is 24.8 Å². The summed E-state index contributed by atoms with van der Waals surface area (Å²) in [5, 5.41) is 4.26. The lowest BCUT2D eigenvalue weighted by Gasteiger charge is -2.10. The maximum atomic E-state index is 12.4. The van der Waals surface area contributed by atoms with E-state index in [2.05, 4.69) is 9.82 Å². The first-order valence-corrected chi connectivity index (χ1v) is 9.55. The highest BCUT2D eigenvalue weighted by atomic mass is 32.2. The molecule has 1 aliphatic carbocycles. The Balaban J connectivity index is 1.79. The van der Waals surface area contributed by atoms with Gasteiger partial charge in [0, 0.05) is 32.9 Å². The summed E-state index contributed by atoms with van der Waals surface area (Å²) >= 11 is 0. The van der Waals surface area contributed by atoms with Gasteiger partial charge in [0.05, 0.1) is 12.2 Å². The van der Waals surface area contributed by atoms with Gasteiger partial charge in [-0.1, -0.05) is 0 Å². The van der Waals surface area contributed by atoms with E-state index in [1.165, 1.54) is 24.8 Å². The minimum absolute atomic E-state index is 0.0391. The quantitative estimate of drug-likeness (QED) is 0.645. The molecule has 0 amide bonds. The molecule has 2 aromatic rings. The summed E-state index contributed by atoms with van der Waals surface area (Å²) in [6.07, 6.45) is 3.57. The average molecular weight is 381 g/mol. The number of nitrogens with zero attached hydrogens (tertiary/aromatic N) is 4. The van der Waals surface area contributed by atoms with Gasteiger partial charge in [-0.3, -0.25) is 14.2 Å². The summed E-state index contributed by atoms with van der Waals surface area (Å²) < 4.78 is 30.0. The van der Waals surface area contributed by atoms with Crippen LogP contribution in [0.4, 0.5) is 0 Å². The minimum atomic E-state index is -4.13. The van der Waals surface area contributed by atoms with Gasteiger partial charge in [-0.25, -0.2) is 22.6 Å². The molecule has 0 aromatic carbocycles. The Hall–Kier alpha value is -2.53. The number of rotatable bonds is 5. The largest absolute Gasteiger partial charge is 0.330 e. The Bertz CT molecular complexity index is 1140. The topological polar surface area (TPSA) is 125 Å². The van der Waals surface area contributed by atoms with Gasteiger partial charge >= 0.3 is 5.69 Å². The van der Waals surface area contributed by atoms with E-state index in [0.29, 0.717) is 0 Å². The molecule has 0 aliphatic heterocycles. The van der Waals surface area contributed by atoms with E-state index < -0.39 is 26.2 Å². The van der Waals surface area contributed by atoms with Crippen LogP contribution < -0.4 is 21.5 Å². The van der Waals surface area contributed by atoms with Crippen LogP contribution in [0.2, 0.25) is 0 Å². The van der Waals surface area contributed by atoms with Crippen molar-refractivity contribution in [2.45, 2.75) is 30.7 Å². The van der Waals surface area contributed by atoms with Gasteiger partial charge < -0.3 is 4.57 Å². The summed E-state index contributed by atoms with van der Waals surface area (Å²) in [4.78, 5) is 35.2. The van der Waals surface area contributed by atoms with Crippen molar-refractivity contribution in [2.24, 2.45) is 14.1 Å². The Labute approximate surface area is 148 Å². The number of hydrogen-bond acceptors (Lipinski definition) is 6. The van der Waals surface area contributed by atoms with Crippen LogP contribution in [0, 0.1) is 0 Å². The predicted octanol–water partition coefficient (Wildman–Crippen LogP) is -1.89. The third-order valence-electron chi connectivity index (χ3n) is 4.34. The second kappa shape index (κ2) is 6.65. The first-order valence-electron chi connectivity index (χ1n) is 8.07. The van der Waals surface area contributed by atoms with E-state index in [9.17, 15) is 22.8 Å². The Kier molecular flexibility index (Phi) is 4.67. The monoisotopic (exact) mass is 381 g/mol. The first kappa shape index (κ1) is 18.3. The average Bonchev–Trinajstić information content (AvgIpc) is 3.03. The molecule has 0 saturated carbocycles. The highest BCUT2D eigenvalue weighted by molar-refractivity contribution is 7.89. The van der Waals surface area contributed by atoms with E-state index >= 15 is 0 Å². The van der Waals surface area contributed by atoms with Crippen molar-refractivity contribution < 1.29 is 8.42 Å². The molecule has 1 N–H and O–H groups in total. The molecule has 1 aliphatic rings. The van der Waals surface area contributed by atoms with Gasteiger partial charge in [-0.15, -0.1) is 0 Å². The smallest absolute Gasteiger partial charge is 0.302 e. The zero-order chi connectivity index (χ0) is 19.1. The highest BCUT2D eigenvalue weighted by Gasteiger charge is 2.21. The molecule has 11 heteroatoms. The number of nitrogens with one attached hydrogen (secondary N) is 1. The number of sulfonamides is 1. The van der Waals surface area contributed by atoms with Crippen LogP contribution in [0.25, 0.3) is 0 Å².